The van der Waals surface area contributed by atoms with Crippen molar-refractivity contribution in [3.63, 3.8) is 0 Å². The normalized spacial score (nSPS) is 10.6. The van der Waals surface area contributed by atoms with Crippen molar-refractivity contribution in [2.24, 2.45) is 5.92 Å². The van der Waals surface area contributed by atoms with E-state index in [4.69, 9.17) is 5.73 Å². The number of thiophene rings is 1. The number of amides is 1. The number of hydrogen-bond acceptors (Lipinski definition) is 3. The molecule has 0 bridgehead atoms. The standard InChI is InChI=1S/C11H18N2OS/c1-3-8(4-2)7-13-11(14)10-9(12)5-6-15-10/h5-6,8H,3-4,7,12H2,1-2H3,(H,13,14). The summed E-state index contributed by atoms with van der Waals surface area (Å²) in [6, 6.07) is 1.76. The smallest absolute Gasteiger partial charge is 0.263 e. The van der Waals surface area contributed by atoms with Crippen LogP contribution in [0.2, 0.25) is 0 Å². The van der Waals surface area contributed by atoms with Crippen molar-refractivity contribution in [1.29, 1.82) is 0 Å². The lowest BCUT2D eigenvalue weighted by Gasteiger charge is -2.12. The van der Waals surface area contributed by atoms with Gasteiger partial charge in [0.2, 0.25) is 0 Å². The van der Waals surface area contributed by atoms with Crippen LogP contribution in [0.4, 0.5) is 5.69 Å². The van der Waals surface area contributed by atoms with E-state index in [1.165, 1.54) is 11.3 Å². The highest BCUT2D eigenvalue weighted by Crippen LogP contribution is 2.18. The van der Waals surface area contributed by atoms with E-state index in [-0.39, 0.29) is 5.91 Å². The number of carbonyl (C=O) groups excluding carboxylic acids is 1. The quantitative estimate of drug-likeness (QED) is 0.810. The van der Waals surface area contributed by atoms with Crippen LogP contribution in [0, 0.1) is 5.92 Å². The van der Waals surface area contributed by atoms with Crippen LogP contribution < -0.4 is 11.1 Å². The van der Waals surface area contributed by atoms with Gasteiger partial charge in [-0.2, -0.15) is 0 Å². The van der Waals surface area contributed by atoms with Crippen LogP contribution in [0.5, 0.6) is 0 Å². The Balaban J connectivity index is 2.47. The van der Waals surface area contributed by atoms with E-state index < -0.39 is 0 Å². The monoisotopic (exact) mass is 226 g/mol. The van der Waals surface area contributed by atoms with Gasteiger partial charge in [0.15, 0.2) is 0 Å². The van der Waals surface area contributed by atoms with Gasteiger partial charge >= 0.3 is 0 Å². The zero-order chi connectivity index (χ0) is 11.3. The first-order chi connectivity index (χ1) is 7.19. The van der Waals surface area contributed by atoms with Crippen LogP contribution in [-0.2, 0) is 0 Å². The van der Waals surface area contributed by atoms with Crippen LogP contribution in [-0.4, -0.2) is 12.5 Å². The van der Waals surface area contributed by atoms with E-state index >= 15 is 0 Å². The van der Waals surface area contributed by atoms with Crippen molar-refractivity contribution in [2.45, 2.75) is 26.7 Å². The molecule has 1 amide bonds. The second-order valence-corrected chi connectivity index (χ2v) is 4.51. The van der Waals surface area contributed by atoms with Crippen molar-refractivity contribution in [1.82, 2.24) is 5.32 Å². The molecule has 0 saturated carbocycles. The van der Waals surface area contributed by atoms with Gasteiger partial charge in [-0.3, -0.25) is 4.79 Å². The largest absolute Gasteiger partial charge is 0.397 e. The number of nitrogen functional groups attached to an aromatic ring is 1. The minimum atomic E-state index is -0.0469. The highest BCUT2D eigenvalue weighted by atomic mass is 32.1. The average Bonchev–Trinajstić information content (AvgIpc) is 2.66. The molecule has 0 unspecified atom stereocenters. The van der Waals surface area contributed by atoms with Gasteiger partial charge in [0, 0.05) is 6.54 Å². The molecule has 0 aromatic carbocycles. The van der Waals surface area contributed by atoms with Gasteiger partial charge < -0.3 is 11.1 Å². The Kier molecular flexibility index (Phi) is 4.62. The third-order valence-electron chi connectivity index (χ3n) is 2.61. The van der Waals surface area contributed by atoms with E-state index in [1.54, 1.807) is 6.07 Å². The maximum Gasteiger partial charge on any atom is 0.263 e. The van der Waals surface area contributed by atoms with Crippen molar-refractivity contribution < 1.29 is 4.79 Å². The van der Waals surface area contributed by atoms with E-state index in [0.29, 0.717) is 16.5 Å². The SMILES string of the molecule is CCC(CC)CNC(=O)c1sccc1N. The molecule has 0 aliphatic heterocycles. The van der Waals surface area contributed by atoms with E-state index in [1.807, 2.05) is 5.38 Å². The Bertz CT molecular complexity index is 318. The summed E-state index contributed by atoms with van der Waals surface area (Å²) in [6.45, 7) is 5.02. The molecule has 0 fully saturated rings. The molecule has 1 aromatic rings. The maximum absolute atomic E-state index is 11.7. The van der Waals surface area contributed by atoms with Crippen LogP contribution in [0.15, 0.2) is 11.4 Å². The molecule has 0 aliphatic carbocycles. The number of nitrogens with one attached hydrogen (secondary N) is 1. The fraction of sp³-hybridized carbons (Fsp3) is 0.545. The Morgan fingerprint density at radius 3 is 2.67 bits per heavy atom. The lowest BCUT2D eigenvalue weighted by Crippen LogP contribution is -2.28. The summed E-state index contributed by atoms with van der Waals surface area (Å²) >= 11 is 1.39. The van der Waals surface area contributed by atoms with Gasteiger partial charge in [-0.05, 0) is 17.4 Å². The lowest BCUT2D eigenvalue weighted by atomic mass is 10.0. The van der Waals surface area contributed by atoms with E-state index in [0.717, 1.165) is 19.4 Å². The number of anilines is 1. The minimum Gasteiger partial charge on any atom is -0.397 e. The molecule has 1 rings (SSSR count). The molecule has 0 atom stereocenters. The van der Waals surface area contributed by atoms with Gasteiger partial charge in [-0.25, -0.2) is 0 Å². The van der Waals surface area contributed by atoms with E-state index in [2.05, 4.69) is 19.2 Å². The first kappa shape index (κ1) is 12.0. The summed E-state index contributed by atoms with van der Waals surface area (Å²) in [7, 11) is 0. The predicted octanol–water partition coefficient (Wildman–Crippen LogP) is 2.50. The summed E-state index contributed by atoms with van der Waals surface area (Å²) in [5.41, 5.74) is 6.23. The highest BCUT2D eigenvalue weighted by Gasteiger charge is 2.12. The van der Waals surface area contributed by atoms with Crippen LogP contribution in [0.1, 0.15) is 36.4 Å². The molecule has 1 heterocycles. The second-order valence-electron chi connectivity index (χ2n) is 3.60. The van der Waals surface area contributed by atoms with Crippen LogP contribution in [0.3, 0.4) is 0 Å². The number of rotatable bonds is 5. The first-order valence-electron chi connectivity index (χ1n) is 5.30. The first-order valence-corrected chi connectivity index (χ1v) is 6.18. The van der Waals surface area contributed by atoms with Gasteiger partial charge in [0.25, 0.3) is 5.91 Å². The number of nitrogens with two attached hydrogens (primary N) is 1. The summed E-state index contributed by atoms with van der Waals surface area (Å²) in [6.07, 6.45) is 2.19. The summed E-state index contributed by atoms with van der Waals surface area (Å²) in [5, 5.41) is 4.75. The molecular formula is C11H18N2OS. The zero-order valence-electron chi connectivity index (χ0n) is 9.25. The van der Waals surface area contributed by atoms with Crippen LogP contribution in [0.25, 0.3) is 0 Å². The molecular weight excluding hydrogens is 208 g/mol. The van der Waals surface area contributed by atoms with Crippen molar-refractivity contribution in [2.75, 3.05) is 12.3 Å². The predicted molar refractivity (Wildman–Crippen MR) is 65.1 cm³/mol. The molecule has 0 radical (unpaired) electrons. The maximum atomic E-state index is 11.7. The molecule has 3 N–H and O–H groups in total. The lowest BCUT2D eigenvalue weighted by molar-refractivity contribution is 0.0951. The van der Waals surface area contributed by atoms with Crippen molar-refractivity contribution in [3.05, 3.63) is 16.3 Å². The molecule has 3 nitrogen and oxygen atoms in total. The molecule has 15 heavy (non-hydrogen) atoms. The summed E-state index contributed by atoms with van der Waals surface area (Å²) in [4.78, 5) is 12.3. The highest BCUT2D eigenvalue weighted by molar-refractivity contribution is 7.12. The number of carbonyl (C=O) groups is 1. The van der Waals surface area contributed by atoms with Crippen molar-refractivity contribution in [3.8, 4) is 0 Å². The molecule has 4 heteroatoms. The Labute approximate surface area is 94.7 Å². The van der Waals surface area contributed by atoms with Crippen LogP contribution >= 0.6 is 11.3 Å². The third-order valence-corrected chi connectivity index (χ3v) is 3.54. The Morgan fingerprint density at radius 2 is 2.20 bits per heavy atom. The molecule has 1 aromatic heterocycles. The fourth-order valence-corrected chi connectivity index (χ4v) is 2.13. The fourth-order valence-electron chi connectivity index (χ4n) is 1.40. The molecule has 0 aliphatic rings. The Hall–Kier alpha value is -1.03. The topological polar surface area (TPSA) is 55.1 Å². The van der Waals surface area contributed by atoms with Gasteiger partial charge in [-0.15, -0.1) is 11.3 Å². The zero-order valence-corrected chi connectivity index (χ0v) is 10.1. The average molecular weight is 226 g/mol. The number of hydrogen-bond donors (Lipinski definition) is 2. The summed E-state index contributed by atoms with van der Waals surface area (Å²) in [5.74, 6) is 0.518. The molecule has 0 spiro atoms. The van der Waals surface area contributed by atoms with Gasteiger partial charge in [0.1, 0.15) is 4.88 Å². The third kappa shape index (κ3) is 3.23. The Morgan fingerprint density at radius 1 is 1.53 bits per heavy atom. The van der Waals surface area contributed by atoms with E-state index in [9.17, 15) is 4.79 Å². The molecule has 84 valence electrons. The minimum absolute atomic E-state index is 0.0469. The molecule has 0 saturated heterocycles. The second kappa shape index (κ2) is 5.75. The van der Waals surface area contributed by atoms with Gasteiger partial charge in [-0.1, -0.05) is 26.7 Å². The van der Waals surface area contributed by atoms with Crippen molar-refractivity contribution >= 4 is 22.9 Å². The van der Waals surface area contributed by atoms with Gasteiger partial charge in [0.05, 0.1) is 5.69 Å². The summed E-state index contributed by atoms with van der Waals surface area (Å²) < 4.78 is 0.